The zero-order valence-corrected chi connectivity index (χ0v) is 15.7. The lowest BCUT2D eigenvalue weighted by Gasteiger charge is -2.15. The number of hydrogen-bond donors (Lipinski definition) is 1. The number of pyridine rings is 1. The Morgan fingerprint density at radius 1 is 1.30 bits per heavy atom. The third-order valence-corrected chi connectivity index (χ3v) is 4.43. The third kappa shape index (κ3) is 3.67. The van der Waals surface area contributed by atoms with Crippen molar-refractivity contribution in [3.8, 4) is 0 Å². The Bertz CT molecular complexity index is 978. The molecule has 0 bridgehead atoms. The van der Waals surface area contributed by atoms with Gasteiger partial charge in [-0.2, -0.15) is 10.2 Å². The highest BCUT2D eigenvalue weighted by Crippen LogP contribution is 2.29. The molecule has 0 saturated heterocycles. The van der Waals surface area contributed by atoms with E-state index in [4.69, 9.17) is 0 Å². The number of carbonyl (C=O) groups is 1. The fraction of sp³-hybridized carbons (Fsp3) is 0.444. The quantitative estimate of drug-likeness (QED) is 0.717. The molecule has 0 aromatic carbocycles. The Morgan fingerprint density at radius 2 is 2.04 bits per heavy atom. The largest absolute Gasteiger partial charge is 0.346 e. The summed E-state index contributed by atoms with van der Waals surface area (Å²) in [5.74, 6) is -0.280. The summed E-state index contributed by atoms with van der Waals surface area (Å²) in [5.41, 5.74) is 1.96. The number of aromatic nitrogens is 5. The fourth-order valence-corrected chi connectivity index (χ4v) is 3.27. The van der Waals surface area contributed by atoms with Gasteiger partial charge in [0.1, 0.15) is 6.54 Å². The predicted molar refractivity (Wildman–Crippen MR) is 96.4 cm³/mol. The number of hydrogen-bond acceptors (Lipinski definition) is 4. The van der Waals surface area contributed by atoms with E-state index in [9.17, 15) is 13.6 Å². The minimum absolute atomic E-state index is 0.103. The van der Waals surface area contributed by atoms with Crippen molar-refractivity contribution in [1.29, 1.82) is 0 Å². The molecule has 1 amide bonds. The van der Waals surface area contributed by atoms with Crippen LogP contribution in [0.3, 0.4) is 0 Å². The minimum atomic E-state index is -2.63. The molecule has 0 fully saturated rings. The van der Waals surface area contributed by atoms with E-state index in [1.165, 1.54) is 10.7 Å². The van der Waals surface area contributed by atoms with Gasteiger partial charge in [0.25, 0.3) is 6.43 Å². The van der Waals surface area contributed by atoms with Crippen molar-refractivity contribution in [2.75, 3.05) is 0 Å². The molecule has 144 valence electrons. The van der Waals surface area contributed by atoms with Crippen LogP contribution in [0.25, 0.3) is 11.0 Å². The SMILES string of the molecule is CCn1nccc1C(C)NC(=O)Cn1nc(C)c2c(C(F)F)cc(C)nc21. The van der Waals surface area contributed by atoms with E-state index in [0.717, 1.165) is 5.69 Å². The first-order chi connectivity index (χ1) is 12.8. The number of rotatable bonds is 6. The van der Waals surface area contributed by atoms with Gasteiger partial charge in [-0.3, -0.25) is 9.48 Å². The number of amides is 1. The first-order valence-electron chi connectivity index (χ1n) is 8.75. The van der Waals surface area contributed by atoms with E-state index in [0.29, 0.717) is 29.0 Å². The van der Waals surface area contributed by atoms with Crippen LogP contribution < -0.4 is 5.32 Å². The van der Waals surface area contributed by atoms with Crippen molar-refractivity contribution < 1.29 is 13.6 Å². The normalized spacial score (nSPS) is 12.7. The van der Waals surface area contributed by atoms with E-state index in [1.807, 2.05) is 19.9 Å². The summed E-state index contributed by atoms with van der Waals surface area (Å²) < 4.78 is 29.9. The van der Waals surface area contributed by atoms with Crippen molar-refractivity contribution in [2.24, 2.45) is 0 Å². The van der Waals surface area contributed by atoms with Crippen molar-refractivity contribution >= 4 is 16.9 Å². The molecule has 7 nitrogen and oxygen atoms in total. The Kier molecular flexibility index (Phi) is 5.20. The molecule has 1 unspecified atom stereocenters. The van der Waals surface area contributed by atoms with Gasteiger partial charge in [-0.15, -0.1) is 0 Å². The van der Waals surface area contributed by atoms with Gasteiger partial charge in [0, 0.05) is 24.0 Å². The van der Waals surface area contributed by atoms with Crippen LogP contribution in [0, 0.1) is 13.8 Å². The van der Waals surface area contributed by atoms with E-state index in [2.05, 4.69) is 20.5 Å². The van der Waals surface area contributed by atoms with Gasteiger partial charge in [0.05, 0.1) is 22.8 Å². The topological polar surface area (TPSA) is 77.6 Å². The van der Waals surface area contributed by atoms with Gasteiger partial charge in [-0.1, -0.05) is 0 Å². The second-order valence-corrected chi connectivity index (χ2v) is 6.46. The molecular weight excluding hydrogens is 354 g/mol. The highest BCUT2D eigenvalue weighted by atomic mass is 19.3. The standard InChI is InChI=1S/C18H22F2N6O/c1-5-25-14(6-7-21-25)11(3)23-15(27)9-26-18-16(12(4)24-26)13(17(19)20)8-10(2)22-18/h6-8,11,17H,5,9H2,1-4H3,(H,23,27). The predicted octanol–water partition coefficient (Wildman–Crippen LogP) is 3.08. The Labute approximate surface area is 155 Å². The Morgan fingerprint density at radius 3 is 2.70 bits per heavy atom. The van der Waals surface area contributed by atoms with Crippen LogP contribution in [-0.4, -0.2) is 30.5 Å². The molecule has 3 aromatic rings. The lowest BCUT2D eigenvalue weighted by Crippen LogP contribution is -2.31. The van der Waals surface area contributed by atoms with Crippen LogP contribution in [0.2, 0.25) is 0 Å². The van der Waals surface area contributed by atoms with Crippen molar-refractivity contribution in [3.63, 3.8) is 0 Å². The molecule has 3 aromatic heterocycles. The van der Waals surface area contributed by atoms with Crippen LogP contribution in [0.15, 0.2) is 18.3 Å². The summed E-state index contributed by atoms with van der Waals surface area (Å²) in [5, 5.41) is 11.7. The fourth-order valence-electron chi connectivity index (χ4n) is 3.27. The van der Waals surface area contributed by atoms with Crippen LogP contribution >= 0.6 is 0 Å². The first-order valence-corrected chi connectivity index (χ1v) is 8.75. The van der Waals surface area contributed by atoms with Crippen molar-refractivity contribution in [2.45, 2.75) is 53.3 Å². The second kappa shape index (κ2) is 7.42. The first kappa shape index (κ1) is 18.9. The summed E-state index contributed by atoms with van der Waals surface area (Å²) in [4.78, 5) is 16.8. The van der Waals surface area contributed by atoms with Crippen LogP contribution in [-0.2, 0) is 17.9 Å². The molecule has 0 saturated carbocycles. The summed E-state index contributed by atoms with van der Waals surface area (Å²) in [7, 11) is 0. The molecule has 0 aliphatic carbocycles. The summed E-state index contributed by atoms with van der Waals surface area (Å²) in [6, 6.07) is 2.97. The van der Waals surface area contributed by atoms with Gasteiger partial charge < -0.3 is 5.32 Å². The lowest BCUT2D eigenvalue weighted by atomic mass is 10.1. The highest BCUT2D eigenvalue weighted by molar-refractivity contribution is 5.84. The summed E-state index contributed by atoms with van der Waals surface area (Å²) in [6.07, 6.45) is -0.946. The van der Waals surface area contributed by atoms with Crippen molar-refractivity contribution in [3.05, 3.63) is 41.0 Å². The monoisotopic (exact) mass is 376 g/mol. The zero-order valence-electron chi connectivity index (χ0n) is 15.7. The second-order valence-electron chi connectivity index (χ2n) is 6.46. The van der Waals surface area contributed by atoms with Crippen molar-refractivity contribution in [1.82, 2.24) is 29.9 Å². The molecule has 0 radical (unpaired) electrons. The highest BCUT2D eigenvalue weighted by Gasteiger charge is 2.21. The maximum atomic E-state index is 13.4. The lowest BCUT2D eigenvalue weighted by molar-refractivity contribution is -0.122. The zero-order chi connectivity index (χ0) is 19.7. The summed E-state index contributed by atoms with van der Waals surface area (Å²) >= 11 is 0. The smallest absolute Gasteiger partial charge is 0.264 e. The average Bonchev–Trinajstić information content (AvgIpc) is 3.19. The Balaban J connectivity index is 1.85. The molecule has 1 N–H and O–H groups in total. The summed E-state index contributed by atoms with van der Waals surface area (Å²) in [6.45, 7) is 7.72. The number of aryl methyl sites for hydroxylation is 3. The molecule has 0 spiro atoms. The minimum Gasteiger partial charge on any atom is -0.346 e. The van der Waals surface area contributed by atoms with Gasteiger partial charge in [0.2, 0.25) is 5.91 Å². The third-order valence-electron chi connectivity index (χ3n) is 4.43. The number of halogens is 2. The van der Waals surface area contributed by atoms with E-state index < -0.39 is 6.43 Å². The molecule has 3 heterocycles. The maximum absolute atomic E-state index is 13.4. The maximum Gasteiger partial charge on any atom is 0.264 e. The number of fused-ring (bicyclic) bond motifs is 1. The number of nitrogens with zero attached hydrogens (tertiary/aromatic N) is 5. The van der Waals surface area contributed by atoms with Crippen LogP contribution in [0.4, 0.5) is 8.78 Å². The van der Waals surface area contributed by atoms with E-state index in [-0.39, 0.29) is 24.1 Å². The molecule has 1 atom stereocenters. The van der Waals surface area contributed by atoms with Gasteiger partial charge >= 0.3 is 0 Å². The van der Waals surface area contributed by atoms with Crippen LogP contribution in [0.5, 0.6) is 0 Å². The molecular formula is C18H22F2N6O. The molecule has 27 heavy (non-hydrogen) atoms. The molecule has 0 aliphatic heterocycles. The van der Waals surface area contributed by atoms with E-state index >= 15 is 0 Å². The number of nitrogens with one attached hydrogen (secondary N) is 1. The van der Waals surface area contributed by atoms with Gasteiger partial charge in [0.15, 0.2) is 5.65 Å². The Hall–Kier alpha value is -2.84. The van der Waals surface area contributed by atoms with Crippen LogP contribution in [0.1, 0.15) is 49.0 Å². The van der Waals surface area contributed by atoms with Gasteiger partial charge in [-0.05, 0) is 39.8 Å². The number of alkyl halides is 2. The number of carbonyl (C=O) groups excluding carboxylic acids is 1. The molecule has 0 aliphatic rings. The van der Waals surface area contributed by atoms with E-state index in [1.54, 1.807) is 24.7 Å². The average molecular weight is 376 g/mol. The molecule has 3 rings (SSSR count). The van der Waals surface area contributed by atoms with Gasteiger partial charge in [-0.25, -0.2) is 18.4 Å². The molecule has 9 heteroatoms.